The van der Waals surface area contributed by atoms with E-state index in [-0.39, 0.29) is 0 Å². The van der Waals surface area contributed by atoms with Crippen LogP contribution in [0.4, 0.5) is 5.69 Å². The Morgan fingerprint density at radius 3 is 2.39 bits per heavy atom. The molecule has 0 fully saturated rings. The van der Waals surface area contributed by atoms with Crippen molar-refractivity contribution in [3.8, 4) is 0 Å². The lowest BCUT2D eigenvalue weighted by Gasteiger charge is -2.14. The standard InChI is InChI=1S/C15H17BrN2/c1-10-4-5-17-8-13(10)9-18-15-11(2)6-14(16)7-12(15)3/h4-8,18H,9H2,1-3H3. The smallest absolute Gasteiger partial charge is 0.0418 e. The summed E-state index contributed by atoms with van der Waals surface area (Å²) in [7, 11) is 0. The van der Waals surface area contributed by atoms with Crippen LogP contribution in [0.25, 0.3) is 0 Å². The van der Waals surface area contributed by atoms with Gasteiger partial charge in [0.15, 0.2) is 0 Å². The minimum absolute atomic E-state index is 0.809. The zero-order valence-corrected chi connectivity index (χ0v) is 12.5. The van der Waals surface area contributed by atoms with Crippen molar-refractivity contribution in [2.75, 3.05) is 5.32 Å². The van der Waals surface area contributed by atoms with Gasteiger partial charge in [-0.1, -0.05) is 15.9 Å². The zero-order chi connectivity index (χ0) is 13.1. The lowest BCUT2D eigenvalue weighted by molar-refractivity contribution is 1.07. The molecule has 0 unspecified atom stereocenters. The van der Waals surface area contributed by atoms with E-state index in [1.807, 2.05) is 18.5 Å². The second-order valence-corrected chi connectivity index (χ2v) is 5.49. The molecule has 94 valence electrons. The molecule has 0 bridgehead atoms. The molecule has 1 heterocycles. The number of aromatic nitrogens is 1. The van der Waals surface area contributed by atoms with Crippen LogP contribution in [-0.2, 0) is 6.54 Å². The summed E-state index contributed by atoms with van der Waals surface area (Å²) >= 11 is 3.52. The molecule has 1 aromatic carbocycles. The van der Waals surface area contributed by atoms with Crippen molar-refractivity contribution in [1.29, 1.82) is 0 Å². The highest BCUT2D eigenvalue weighted by atomic mass is 79.9. The summed E-state index contributed by atoms with van der Waals surface area (Å²) < 4.78 is 1.13. The van der Waals surface area contributed by atoms with Crippen molar-refractivity contribution in [2.24, 2.45) is 0 Å². The Balaban J connectivity index is 2.19. The van der Waals surface area contributed by atoms with Gasteiger partial charge in [-0.2, -0.15) is 0 Å². The van der Waals surface area contributed by atoms with Gasteiger partial charge in [0.1, 0.15) is 0 Å². The number of aryl methyl sites for hydroxylation is 3. The number of hydrogen-bond acceptors (Lipinski definition) is 2. The van der Waals surface area contributed by atoms with E-state index in [2.05, 4.69) is 59.1 Å². The van der Waals surface area contributed by atoms with E-state index >= 15 is 0 Å². The van der Waals surface area contributed by atoms with Crippen LogP contribution in [0, 0.1) is 20.8 Å². The number of rotatable bonds is 3. The monoisotopic (exact) mass is 304 g/mol. The molecule has 1 aromatic heterocycles. The SMILES string of the molecule is Cc1ccncc1CNc1c(C)cc(Br)cc1C. The second kappa shape index (κ2) is 5.53. The molecule has 1 N–H and O–H groups in total. The van der Waals surface area contributed by atoms with Gasteiger partial charge in [0.25, 0.3) is 0 Å². The molecular weight excluding hydrogens is 288 g/mol. The number of pyridine rings is 1. The van der Waals surface area contributed by atoms with E-state index in [1.165, 1.54) is 27.9 Å². The maximum Gasteiger partial charge on any atom is 0.0418 e. The highest BCUT2D eigenvalue weighted by molar-refractivity contribution is 9.10. The van der Waals surface area contributed by atoms with E-state index < -0.39 is 0 Å². The van der Waals surface area contributed by atoms with Gasteiger partial charge >= 0.3 is 0 Å². The Bertz CT molecular complexity index is 541. The van der Waals surface area contributed by atoms with Crippen LogP contribution < -0.4 is 5.32 Å². The molecule has 2 nitrogen and oxygen atoms in total. The number of benzene rings is 1. The number of nitrogens with zero attached hydrogens (tertiary/aromatic N) is 1. The average molecular weight is 305 g/mol. The molecule has 18 heavy (non-hydrogen) atoms. The molecule has 0 aliphatic rings. The zero-order valence-electron chi connectivity index (χ0n) is 10.9. The Morgan fingerprint density at radius 2 is 1.78 bits per heavy atom. The fourth-order valence-corrected chi connectivity index (χ4v) is 2.74. The molecule has 0 atom stereocenters. The maximum atomic E-state index is 4.17. The summed E-state index contributed by atoms with van der Waals surface area (Å²) in [5.41, 5.74) is 6.22. The first-order valence-corrected chi connectivity index (χ1v) is 6.77. The van der Waals surface area contributed by atoms with Gasteiger partial charge in [-0.25, -0.2) is 0 Å². The molecule has 2 aromatic rings. The molecule has 0 amide bonds. The van der Waals surface area contributed by atoms with Crippen LogP contribution in [-0.4, -0.2) is 4.98 Å². The van der Waals surface area contributed by atoms with Crippen molar-refractivity contribution in [2.45, 2.75) is 27.3 Å². The van der Waals surface area contributed by atoms with Gasteiger partial charge in [-0.05, 0) is 61.2 Å². The second-order valence-electron chi connectivity index (χ2n) is 4.57. The van der Waals surface area contributed by atoms with E-state index in [0.717, 1.165) is 11.0 Å². The molecule has 0 radical (unpaired) electrons. The number of anilines is 1. The number of hydrogen-bond donors (Lipinski definition) is 1. The van der Waals surface area contributed by atoms with E-state index in [4.69, 9.17) is 0 Å². The third-order valence-corrected chi connectivity index (χ3v) is 3.56. The molecule has 0 saturated heterocycles. The van der Waals surface area contributed by atoms with Gasteiger partial charge in [-0.3, -0.25) is 4.98 Å². The normalized spacial score (nSPS) is 10.4. The first kappa shape index (κ1) is 13.1. The fourth-order valence-electron chi connectivity index (χ4n) is 2.05. The van der Waals surface area contributed by atoms with Gasteiger partial charge in [0.05, 0.1) is 0 Å². The molecule has 0 aliphatic carbocycles. The third-order valence-electron chi connectivity index (χ3n) is 3.10. The fraction of sp³-hybridized carbons (Fsp3) is 0.267. The van der Waals surface area contributed by atoms with E-state index in [0.29, 0.717) is 0 Å². The van der Waals surface area contributed by atoms with Gasteiger partial charge in [0, 0.05) is 29.1 Å². The first-order valence-electron chi connectivity index (χ1n) is 5.98. The number of halogens is 1. The minimum atomic E-state index is 0.809. The van der Waals surface area contributed by atoms with Crippen molar-refractivity contribution < 1.29 is 0 Å². The quantitative estimate of drug-likeness (QED) is 0.910. The van der Waals surface area contributed by atoms with Crippen LogP contribution in [0.5, 0.6) is 0 Å². The molecular formula is C15H17BrN2. The summed E-state index contributed by atoms with van der Waals surface area (Å²) in [5.74, 6) is 0. The minimum Gasteiger partial charge on any atom is -0.380 e. The highest BCUT2D eigenvalue weighted by Gasteiger charge is 2.05. The maximum absolute atomic E-state index is 4.17. The van der Waals surface area contributed by atoms with Gasteiger partial charge in [0.2, 0.25) is 0 Å². The van der Waals surface area contributed by atoms with E-state index in [1.54, 1.807) is 0 Å². The van der Waals surface area contributed by atoms with E-state index in [9.17, 15) is 0 Å². The summed E-state index contributed by atoms with van der Waals surface area (Å²) in [4.78, 5) is 4.17. The predicted octanol–water partition coefficient (Wildman–Crippen LogP) is 4.38. The van der Waals surface area contributed by atoms with Crippen molar-refractivity contribution >= 4 is 21.6 Å². The average Bonchev–Trinajstić information content (AvgIpc) is 2.30. The third kappa shape index (κ3) is 2.91. The van der Waals surface area contributed by atoms with Crippen LogP contribution in [0.3, 0.4) is 0 Å². The lowest BCUT2D eigenvalue weighted by atomic mass is 10.1. The van der Waals surface area contributed by atoms with Crippen LogP contribution in [0.15, 0.2) is 35.1 Å². The van der Waals surface area contributed by atoms with Crippen LogP contribution in [0.1, 0.15) is 22.3 Å². The summed E-state index contributed by atoms with van der Waals surface area (Å²) in [6, 6.07) is 6.30. The van der Waals surface area contributed by atoms with Crippen molar-refractivity contribution in [3.63, 3.8) is 0 Å². The Kier molecular flexibility index (Phi) is 4.02. The lowest BCUT2D eigenvalue weighted by Crippen LogP contribution is -2.04. The van der Waals surface area contributed by atoms with Crippen molar-refractivity contribution in [1.82, 2.24) is 4.98 Å². The van der Waals surface area contributed by atoms with Crippen LogP contribution in [0.2, 0.25) is 0 Å². The summed E-state index contributed by atoms with van der Waals surface area (Å²) in [6.45, 7) is 7.16. The summed E-state index contributed by atoms with van der Waals surface area (Å²) in [6.07, 6.45) is 3.75. The van der Waals surface area contributed by atoms with Gasteiger partial charge in [-0.15, -0.1) is 0 Å². The van der Waals surface area contributed by atoms with Crippen molar-refractivity contribution in [3.05, 3.63) is 57.3 Å². The highest BCUT2D eigenvalue weighted by Crippen LogP contribution is 2.25. The Morgan fingerprint density at radius 1 is 1.11 bits per heavy atom. The number of nitrogens with one attached hydrogen (secondary N) is 1. The Hall–Kier alpha value is -1.35. The molecule has 0 spiro atoms. The first-order chi connectivity index (χ1) is 8.58. The predicted molar refractivity (Wildman–Crippen MR) is 79.9 cm³/mol. The van der Waals surface area contributed by atoms with Gasteiger partial charge < -0.3 is 5.32 Å². The molecule has 0 saturated carbocycles. The largest absolute Gasteiger partial charge is 0.380 e. The molecule has 3 heteroatoms. The Labute approximate surface area is 117 Å². The summed E-state index contributed by atoms with van der Waals surface area (Å²) in [5, 5.41) is 3.50. The molecule has 2 rings (SSSR count). The van der Waals surface area contributed by atoms with Crippen LogP contribution >= 0.6 is 15.9 Å². The molecule has 0 aliphatic heterocycles. The topological polar surface area (TPSA) is 24.9 Å².